The lowest BCUT2D eigenvalue weighted by Gasteiger charge is -2.30. The van der Waals surface area contributed by atoms with Gasteiger partial charge in [0.05, 0.1) is 5.39 Å². The summed E-state index contributed by atoms with van der Waals surface area (Å²) in [5, 5.41) is 14.1. The Balaban J connectivity index is 1.57. The van der Waals surface area contributed by atoms with Crippen LogP contribution in [-0.4, -0.2) is 37.3 Å². The summed E-state index contributed by atoms with van der Waals surface area (Å²) in [6, 6.07) is 11.6. The molecule has 0 aliphatic heterocycles. The number of aliphatic hydroxyl groups is 1. The Bertz CT molecular complexity index is 1160. The first-order valence-corrected chi connectivity index (χ1v) is 9.92. The van der Waals surface area contributed by atoms with Gasteiger partial charge in [0.1, 0.15) is 22.8 Å². The highest BCUT2D eigenvalue weighted by atomic mass is 32.1. The normalized spacial score (nSPS) is 14.0. The van der Waals surface area contributed by atoms with Crippen molar-refractivity contribution in [2.24, 2.45) is 7.05 Å². The number of benzene rings is 1. The molecular formula is C20H18F3N5OS. The van der Waals surface area contributed by atoms with E-state index in [1.165, 1.54) is 41.7 Å². The molecule has 0 saturated carbocycles. The zero-order chi connectivity index (χ0) is 21.4. The number of fused-ring (bicyclic) bond motifs is 1. The van der Waals surface area contributed by atoms with Crippen molar-refractivity contribution >= 4 is 27.4 Å². The van der Waals surface area contributed by atoms with E-state index in [9.17, 15) is 18.3 Å². The van der Waals surface area contributed by atoms with Crippen LogP contribution in [0.5, 0.6) is 0 Å². The number of imidazole rings is 1. The number of nitrogens with zero attached hydrogens (tertiary/aromatic N) is 4. The summed E-state index contributed by atoms with van der Waals surface area (Å²) >= 11 is 1.47. The van der Waals surface area contributed by atoms with Crippen molar-refractivity contribution in [3.8, 4) is 10.4 Å². The maximum Gasteiger partial charge on any atom is 0.424 e. The Labute approximate surface area is 174 Å². The third kappa shape index (κ3) is 3.63. The van der Waals surface area contributed by atoms with Crippen molar-refractivity contribution in [1.29, 1.82) is 0 Å². The van der Waals surface area contributed by atoms with E-state index in [-0.39, 0.29) is 6.54 Å². The zero-order valence-corrected chi connectivity index (χ0v) is 16.7. The molecule has 0 aliphatic carbocycles. The number of hydrogen-bond donors (Lipinski definition) is 2. The second-order valence-electron chi connectivity index (χ2n) is 6.81. The Morgan fingerprint density at radius 3 is 2.57 bits per heavy atom. The van der Waals surface area contributed by atoms with E-state index in [0.717, 1.165) is 15.3 Å². The summed E-state index contributed by atoms with van der Waals surface area (Å²) in [6.45, 7) is -0.161. The van der Waals surface area contributed by atoms with Gasteiger partial charge in [0.2, 0.25) is 5.60 Å². The Morgan fingerprint density at radius 1 is 1.13 bits per heavy atom. The molecule has 4 rings (SSSR count). The molecule has 30 heavy (non-hydrogen) atoms. The van der Waals surface area contributed by atoms with Crippen LogP contribution in [0.2, 0.25) is 0 Å². The van der Waals surface area contributed by atoms with Gasteiger partial charge < -0.3 is 15.0 Å². The highest BCUT2D eigenvalue weighted by molar-refractivity contribution is 7.21. The van der Waals surface area contributed by atoms with Crippen LogP contribution < -0.4 is 5.32 Å². The monoisotopic (exact) mass is 433 g/mol. The summed E-state index contributed by atoms with van der Waals surface area (Å²) in [6.07, 6.45) is -1.54. The van der Waals surface area contributed by atoms with Crippen LogP contribution in [0.3, 0.4) is 0 Å². The van der Waals surface area contributed by atoms with Crippen LogP contribution >= 0.6 is 11.3 Å². The molecule has 0 fully saturated rings. The number of anilines is 1. The van der Waals surface area contributed by atoms with Crippen molar-refractivity contribution in [1.82, 2.24) is 19.5 Å². The van der Waals surface area contributed by atoms with E-state index in [1.54, 1.807) is 0 Å². The van der Waals surface area contributed by atoms with Gasteiger partial charge in [-0.1, -0.05) is 30.3 Å². The Hall–Kier alpha value is -2.98. The molecule has 0 saturated heterocycles. The van der Waals surface area contributed by atoms with Gasteiger partial charge in [-0.05, 0) is 11.6 Å². The Morgan fingerprint density at radius 2 is 1.90 bits per heavy atom. The van der Waals surface area contributed by atoms with Gasteiger partial charge in [-0.2, -0.15) is 13.2 Å². The van der Waals surface area contributed by atoms with Gasteiger partial charge in [0.25, 0.3) is 0 Å². The van der Waals surface area contributed by atoms with Gasteiger partial charge in [-0.15, -0.1) is 11.3 Å². The van der Waals surface area contributed by atoms with Crippen molar-refractivity contribution < 1.29 is 18.3 Å². The summed E-state index contributed by atoms with van der Waals surface area (Å²) < 4.78 is 42.2. The van der Waals surface area contributed by atoms with Crippen molar-refractivity contribution in [2.75, 3.05) is 11.9 Å². The summed E-state index contributed by atoms with van der Waals surface area (Å²) in [5.74, 6) is -0.0330. The third-order valence-electron chi connectivity index (χ3n) is 4.83. The van der Waals surface area contributed by atoms with Gasteiger partial charge >= 0.3 is 6.18 Å². The number of alkyl halides is 3. The number of rotatable bonds is 6. The van der Waals surface area contributed by atoms with E-state index in [2.05, 4.69) is 20.3 Å². The molecule has 1 aromatic carbocycles. The lowest BCUT2D eigenvalue weighted by molar-refractivity contribution is -0.271. The van der Waals surface area contributed by atoms with E-state index >= 15 is 0 Å². The lowest BCUT2D eigenvalue weighted by atomic mass is 9.97. The van der Waals surface area contributed by atoms with Gasteiger partial charge in [0, 0.05) is 37.3 Å². The molecule has 0 aliphatic rings. The second-order valence-corrected chi connectivity index (χ2v) is 7.84. The molecule has 1 unspecified atom stereocenters. The predicted molar refractivity (Wildman–Crippen MR) is 109 cm³/mol. The standard InChI is InChI=1S/C20H18F3N5OS/c1-28-10-9-25-18(28)19(29,20(21,22)23)7-8-24-16-14-11-15(13-5-3-2-4-6-13)30-17(14)27-12-26-16/h2-6,9-12,29H,7-8H2,1H3,(H,24,26,27). The van der Waals surface area contributed by atoms with Crippen molar-refractivity contribution in [3.63, 3.8) is 0 Å². The molecule has 2 N–H and O–H groups in total. The summed E-state index contributed by atoms with van der Waals surface area (Å²) in [5.41, 5.74) is -2.05. The topological polar surface area (TPSA) is 75.9 Å². The SMILES string of the molecule is Cn1ccnc1C(O)(CCNc1ncnc2sc(-c3ccccc3)cc12)C(F)(F)F. The van der Waals surface area contributed by atoms with Crippen molar-refractivity contribution in [2.45, 2.75) is 18.2 Å². The fourth-order valence-corrected chi connectivity index (χ4v) is 4.25. The second kappa shape index (κ2) is 7.69. The number of aryl methyl sites for hydroxylation is 1. The van der Waals surface area contributed by atoms with E-state index in [1.807, 2.05) is 36.4 Å². The van der Waals surface area contributed by atoms with Crippen LogP contribution in [0.1, 0.15) is 12.2 Å². The molecule has 0 amide bonds. The van der Waals surface area contributed by atoms with Gasteiger partial charge in [-0.3, -0.25) is 0 Å². The number of aromatic nitrogens is 4. The lowest BCUT2D eigenvalue weighted by Crippen LogP contribution is -2.45. The minimum atomic E-state index is -4.88. The van der Waals surface area contributed by atoms with E-state index < -0.39 is 24.0 Å². The summed E-state index contributed by atoms with van der Waals surface area (Å²) in [4.78, 5) is 13.8. The Kier molecular flexibility index (Phi) is 5.20. The highest BCUT2D eigenvalue weighted by Crippen LogP contribution is 2.41. The van der Waals surface area contributed by atoms with Crippen LogP contribution in [0.15, 0.2) is 55.1 Å². The smallest absolute Gasteiger partial charge is 0.374 e. The largest absolute Gasteiger partial charge is 0.424 e. The first kappa shape index (κ1) is 20.3. The van der Waals surface area contributed by atoms with Crippen LogP contribution in [-0.2, 0) is 12.6 Å². The summed E-state index contributed by atoms with van der Waals surface area (Å²) in [7, 11) is 1.41. The molecular weight excluding hydrogens is 415 g/mol. The maximum absolute atomic E-state index is 13.7. The predicted octanol–water partition coefficient (Wildman–Crippen LogP) is 4.34. The average Bonchev–Trinajstić information content (AvgIpc) is 3.34. The number of halogens is 3. The molecule has 3 aromatic heterocycles. The molecule has 0 bridgehead atoms. The minimum absolute atomic E-state index is 0.161. The number of nitrogens with one attached hydrogen (secondary N) is 1. The first-order valence-electron chi connectivity index (χ1n) is 9.10. The van der Waals surface area contributed by atoms with Crippen LogP contribution in [0.25, 0.3) is 20.7 Å². The van der Waals surface area contributed by atoms with Gasteiger partial charge in [0.15, 0.2) is 0 Å². The fraction of sp³-hybridized carbons (Fsp3) is 0.250. The molecule has 6 nitrogen and oxygen atoms in total. The minimum Gasteiger partial charge on any atom is -0.374 e. The van der Waals surface area contributed by atoms with Gasteiger partial charge in [-0.25, -0.2) is 15.0 Å². The molecule has 10 heteroatoms. The quantitative estimate of drug-likeness (QED) is 0.473. The third-order valence-corrected chi connectivity index (χ3v) is 5.92. The highest BCUT2D eigenvalue weighted by Gasteiger charge is 2.57. The van der Waals surface area contributed by atoms with E-state index in [4.69, 9.17) is 0 Å². The molecule has 0 radical (unpaired) electrons. The first-order chi connectivity index (χ1) is 14.3. The molecule has 1 atom stereocenters. The van der Waals surface area contributed by atoms with Crippen molar-refractivity contribution in [3.05, 3.63) is 60.9 Å². The maximum atomic E-state index is 13.7. The number of thiophene rings is 1. The zero-order valence-electron chi connectivity index (χ0n) is 15.9. The molecule has 0 spiro atoms. The molecule has 3 heterocycles. The molecule has 156 valence electrons. The molecule has 4 aromatic rings. The van der Waals surface area contributed by atoms with Crippen LogP contribution in [0.4, 0.5) is 19.0 Å². The van der Waals surface area contributed by atoms with E-state index in [0.29, 0.717) is 11.2 Å². The number of hydrogen-bond acceptors (Lipinski definition) is 6. The fourth-order valence-electron chi connectivity index (χ4n) is 3.25. The average molecular weight is 433 g/mol. The van der Waals surface area contributed by atoms with Crippen LogP contribution in [0, 0.1) is 0 Å².